The summed E-state index contributed by atoms with van der Waals surface area (Å²) in [4.78, 5) is 16.0. The highest BCUT2D eigenvalue weighted by molar-refractivity contribution is 5.76. The Labute approximate surface area is 108 Å². The second-order valence-electron chi connectivity index (χ2n) is 4.94. The molecule has 0 spiro atoms. The summed E-state index contributed by atoms with van der Waals surface area (Å²) in [7, 11) is 0. The number of aryl methyl sites for hydroxylation is 1. The van der Waals surface area contributed by atoms with Crippen LogP contribution in [-0.2, 0) is 11.2 Å². The molecule has 3 N–H and O–H groups in total. The number of hydrogen-bond acceptors (Lipinski definition) is 3. The molecule has 1 aromatic rings. The summed E-state index contributed by atoms with van der Waals surface area (Å²) in [5.41, 5.74) is 6.97. The molecule has 0 aromatic carbocycles. The van der Waals surface area contributed by atoms with Crippen molar-refractivity contribution in [2.24, 2.45) is 5.73 Å². The first-order chi connectivity index (χ1) is 8.75. The molecule has 1 amide bonds. The Kier molecular flexibility index (Phi) is 4.70. The molecule has 1 aliphatic carbocycles. The first-order valence-electron chi connectivity index (χ1n) is 6.70. The lowest BCUT2D eigenvalue weighted by molar-refractivity contribution is -0.122. The normalized spacial score (nSPS) is 23.6. The topological polar surface area (TPSA) is 68.0 Å². The summed E-state index contributed by atoms with van der Waals surface area (Å²) in [5.74, 6) is 0.0861. The molecule has 4 heteroatoms. The van der Waals surface area contributed by atoms with Gasteiger partial charge in [-0.3, -0.25) is 9.78 Å². The second kappa shape index (κ2) is 6.50. The lowest BCUT2D eigenvalue weighted by atomic mass is 9.91. The zero-order valence-electron chi connectivity index (χ0n) is 10.6. The lowest BCUT2D eigenvalue weighted by Gasteiger charge is -2.29. The molecule has 18 heavy (non-hydrogen) atoms. The fourth-order valence-corrected chi connectivity index (χ4v) is 2.41. The molecule has 2 unspecified atom stereocenters. The Morgan fingerprint density at radius 3 is 2.94 bits per heavy atom. The molecule has 0 radical (unpaired) electrons. The minimum Gasteiger partial charge on any atom is -0.352 e. The predicted molar refractivity (Wildman–Crippen MR) is 70.9 cm³/mol. The number of pyridine rings is 1. The van der Waals surface area contributed by atoms with Crippen LogP contribution in [0, 0.1) is 0 Å². The van der Waals surface area contributed by atoms with Gasteiger partial charge in [-0.05, 0) is 31.4 Å². The molecule has 1 heterocycles. The number of nitrogens with two attached hydrogens (primary N) is 1. The van der Waals surface area contributed by atoms with Gasteiger partial charge in [0.2, 0.25) is 5.91 Å². The van der Waals surface area contributed by atoms with Gasteiger partial charge in [0.15, 0.2) is 0 Å². The van der Waals surface area contributed by atoms with Gasteiger partial charge in [-0.2, -0.15) is 0 Å². The van der Waals surface area contributed by atoms with Crippen LogP contribution in [0.1, 0.15) is 37.8 Å². The van der Waals surface area contributed by atoms with Crippen LogP contribution >= 0.6 is 0 Å². The average Bonchev–Trinajstić information content (AvgIpc) is 2.40. The molecule has 1 aromatic heterocycles. The molecule has 2 atom stereocenters. The summed E-state index contributed by atoms with van der Waals surface area (Å²) in [6.07, 6.45) is 7.31. The number of nitrogens with one attached hydrogen (secondary N) is 1. The first-order valence-corrected chi connectivity index (χ1v) is 6.70. The van der Waals surface area contributed by atoms with Crippen molar-refractivity contribution in [2.45, 2.75) is 50.6 Å². The van der Waals surface area contributed by atoms with Crippen LogP contribution in [0.25, 0.3) is 0 Å². The van der Waals surface area contributed by atoms with E-state index in [9.17, 15) is 4.79 Å². The van der Waals surface area contributed by atoms with E-state index in [-0.39, 0.29) is 18.0 Å². The van der Waals surface area contributed by atoms with Crippen molar-refractivity contribution in [1.82, 2.24) is 10.3 Å². The molecule has 98 valence electrons. The van der Waals surface area contributed by atoms with Crippen molar-refractivity contribution in [1.29, 1.82) is 0 Å². The molecular weight excluding hydrogens is 226 g/mol. The van der Waals surface area contributed by atoms with E-state index in [0.29, 0.717) is 12.8 Å². The van der Waals surface area contributed by atoms with E-state index in [0.717, 1.165) is 18.5 Å². The zero-order valence-corrected chi connectivity index (χ0v) is 10.6. The summed E-state index contributed by atoms with van der Waals surface area (Å²) >= 11 is 0. The number of aromatic nitrogens is 1. The molecule has 0 aliphatic heterocycles. The van der Waals surface area contributed by atoms with E-state index < -0.39 is 0 Å². The Bertz CT molecular complexity index is 380. The first kappa shape index (κ1) is 13.0. The monoisotopic (exact) mass is 247 g/mol. The lowest BCUT2D eigenvalue weighted by Crippen LogP contribution is -2.49. The van der Waals surface area contributed by atoms with Crippen molar-refractivity contribution < 1.29 is 4.79 Å². The number of amides is 1. The molecular formula is C14H21N3O. The van der Waals surface area contributed by atoms with Crippen molar-refractivity contribution in [3.63, 3.8) is 0 Å². The molecule has 0 saturated heterocycles. The minimum absolute atomic E-state index is 0.0861. The number of hydrogen-bond donors (Lipinski definition) is 2. The summed E-state index contributed by atoms with van der Waals surface area (Å²) in [6.45, 7) is 0. The van der Waals surface area contributed by atoms with Gasteiger partial charge in [-0.15, -0.1) is 0 Å². The van der Waals surface area contributed by atoms with Crippen LogP contribution in [-0.4, -0.2) is 23.0 Å². The Balaban J connectivity index is 1.75. The highest BCUT2D eigenvalue weighted by Crippen LogP contribution is 2.16. The Morgan fingerprint density at radius 2 is 2.22 bits per heavy atom. The van der Waals surface area contributed by atoms with Gasteiger partial charge < -0.3 is 11.1 Å². The zero-order chi connectivity index (χ0) is 12.8. The summed E-state index contributed by atoms with van der Waals surface area (Å²) < 4.78 is 0. The molecule has 4 nitrogen and oxygen atoms in total. The third-order valence-corrected chi connectivity index (χ3v) is 3.50. The summed E-state index contributed by atoms with van der Waals surface area (Å²) in [5, 5.41) is 3.05. The van der Waals surface area contributed by atoms with Crippen LogP contribution in [0.15, 0.2) is 24.4 Å². The molecule has 2 rings (SSSR count). The number of carbonyl (C=O) groups is 1. The van der Waals surface area contributed by atoms with Gasteiger partial charge in [-0.25, -0.2) is 0 Å². The van der Waals surface area contributed by atoms with Crippen molar-refractivity contribution >= 4 is 5.91 Å². The predicted octanol–water partition coefficient (Wildman–Crippen LogP) is 1.40. The molecule has 1 fully saturated rings. The smallest absolute Gasteiger partial charge is 0.220 e. The number of nitrogens with zero attached hydrogens (tertiary/aromatic N) is 1. The van der Waals surface area contributed by atoms with Crippen LogP contribution in [0.2, 0.25) is 0 Å². The summed E-state index contributed by atoms with van der Waals surface area (Å²) in [6, 6.07) is 6.05. The molecule has 0 bridgehead atoms. The highest BCUT2D eigenvalue weighted by Gasteiger charge is 2.22. The minimum atomic E-state index is 0.0861. The van der Waals surface area contributed by atoms with Gasteiger partial charge in [0.1, 0.15) is 0 Å². The molecule has 1 saturated carbocycles. The maximum absolute atomic E-state index is 11.8. The quantitative estimate of drug-likeness (QED) is 0.845. The fourth-order valence-electron chi connectivity index (χ4n) is 2.41. The third kappa shape index (κ3) is 3.81. The van der Waals surface area contributed by atoms with E-state index in [2.05, 4.69) is 10.3 Å². The van der Waals surface area contributed by atoms with Crippen LogP contribution < -0.4 is 11.1 Å². The number of carbonyl (C=O) groups excluding carboxylic acids is 1. The average molecular weight is 247 g/mol. The fraction of sp³-hybridized carbons (Fsp3) is 0.571. The van der Waals surface area contributed by atoms with Crippen LogP contribution in [0.3, 0.4) is 0 Å². The van der Waals surface area contributed by atoms with Gasteiger partial charge in [-0.1, -0.05) is 18.9 Å². The molecule has 1 aliphatic rings. The second-order valence-corrected chi connectivity index (χ2v) is 4.94. The van der Waals surface area contributed by atoms with Crippen molar-refractivity contribution in [3.05, 3.63) is 30.1 Å². The SMILES string of the molecule is NC1CCCCC1NC(=O)CCc1ccccn1. The van der Waals surface area contributed by atoms with Gasteiger partial charge in [0, 0.05) is 30.4 Å². The van der Waals surface area contributed by atoms with E-state index in [1.54, 1.807) is 6.20 Å². The van der Waals surface area contributed by atoms with Crippen LogP contribution in [0.4, 0.5) is 0 Å². The maximum atomic E-state index is 11.8. The highest BCUT2D eigenvalue weighted by atomic mass is 16.1. The largest absolute Gasteiger partial charge is 0.352 e. The van der Waals surface area contributed by atoms with Gasteiger partial charge in [0.25, 0.3) is 0 Å². The Hall–Kier alpha value is -1.42. The van der Waals surface area contributed by atoms with E-state index in [1.165, 1.54) is 12.8 Å². The maximum Gasteiger partial charge on any atom is 0.220 e. The van der Waals surface area contributed by atoms with E-state index in [4.69, 9.17) is 5.73 Å². The third-order valence-electron chi connectivity index (χ3n) is 3.50. The van der Waals surface area contributed by atoms with Crippen molar-refractivity contribution in [2.75, 3.05) is 0 Å². The van der Waals surface area contributed by atoms with Crippen molar-refractivity contribution in [3.8, 4) is 0 Å². The standard InChI is InChI=1S/C14H21N3O/c15-12-6-1-2-7-13(12)17-14(18)9-8-11-5-3-4-10-16-11/h3-5,10,12-13H,1-2,6-9,15H2,(H,17,18). The van der Waals surface area contributed by atoms with E-state index >= 15 is 0 Å². The van der Waals surface area contributed by atoms with E-state index in [1.807, 2.05) is 18.2 Å². The van der Waals surface area contributed by atoms with Gasteiger partial charge in [0.05, 0.1) is 0 Å². The number of rotatable bonds is 4. The van der Waals surface area contributed by atoms with Crippen LogP contribution in [0.5, 0.6) is 0 Å². The Morgan fingerprint density at radius 1 is 1.39 bits per heavy atom. The van der Waals surface area contributed by atoms with Gasteiger partial charge >= 0.3 is 0 Å².